The van der Waals surface area contributed by atoms with Crippen LogP contribution >= 0.6 is 0 Å². The van der Waals surface area contributed by atoms with Gasteiger partial charge in [0.15, 0.2) is 0 Å². The molecule has 2 rings (SSSR count). The summed E-state index contributed by atoms with van der Waals surface area (Å²) in [7, 11) is 1.80. The molecule has 112 valence electrons. The number of methoxy groups -OCH3 is 1. The van der Waals surface area contributed by atoms with Gasteiger partial charge in [-0.25, -0.2) is 0 Å². The molecule has 0 aromatic carbocycles. The Balaban J connectivity index is 1.95. The van der Waals surface area contributed by atoms with Gasteiger partial charge in [0.25, 0.3) is 0 Å². The first-order chi connectivity index (χ1) is 9.16. The smallest absolute Gasteiger partial charge is 0.0474 e. The molecule has 0 bridgehead atoms. The number of nitrogens with zero attached hydrogens (tertiary/aromatic N) is 2. The molecule has 4 heteroatoms. The summed E-state index contributed by atoms with van der Waals surface area (Å²) in [5, 5.41) is 3.46. The number of ether oxygens (including phenoxy) is 1. The van der Waals surface area contributed by atoms with Crippen LogP contribution in [0.5, 0.6) is 0 Å². The predicted octanol–water partition coefficient (Wildman–Crippen LogP) is 1.17. The average Bonchev–Trinajstić information content (AvgIpc) is 2.41. The summed E-state index contributed by atoms with van der Waals surface area (Å²) in [6.07, 6.45) is 3.84. The van der Waals surface area contributed by atoms with E-state index in [1.807, 2.05) is 0 Å². The summed E-state index contributed by atoms with van der Waals surface area (Å²) in [6.45, 7) is 12.9. The van der Waals surface area contributed by atoms with Gasteiger partial charge in [0.2, 0.25) is 0 Å². The Morgan fingerprint density at radius 1 is 1.21 bits per heavy atom. The molecule has 0 aromatic heterocycles. The van der Waals surface area contributed by atoms with Crippen molar-refractivity contribution in [3.63, 3.8) is 0 Å². The first-order valence-corrected chi connectivity index (χ1v) is 7.85. The Morgan fingerprint density at radius 3 is 2.63 bits per heavy atom. The highest BCUT2D eigenvalue weighted by atomic mass is 16.5. The second-order valence-electron chi connectivity index (χ2n) is 6.43. The van der Waals surface area contributed by atoms with Crippen LogP contribution in [0.25, 0.3) is 0 Å². The lowest BCUT2D eigenvalue weighted by atomic mass is 9.83. The second kappa shape index (κ2) is 7.02. The Bertz CT molecular complexity index is 264. The number of piperidine rings is 1. The first kappa shape index (κ1) is 15.2. The lowest BCUT2D eigenvalue weighted by Crippen LogP contribution is -2.64. The normalized spacial score (nSPS) is 29.5. The zero-order chi connectivity index (χ0) is 13.7. The molecule has 1 unspecified atom stereocenters. The van der Waals surface area contributed by atoms with E-state index >= 15 is 0 Å². The van der Waals surface area contributed by atoms with Gasteiger partial charge in [-0.3, -0.25) is 9.80 Å². The third-order valence-electron chi connectivity index (χ3n) is 4.90. The molecular formula is C15H31N3O. The van der Waals surface area contributed by atoms with Crippen molar-refractivity contribution in [2.75, 3.05) is 53.0 Å². The quantitative estimate of drug-likeness (QED) is 0.758. The highest BCUT2D eigenvalue weighted by Crippen LogP contribution is 2.31. The van der Waals surface area contributed by atoms with Crippen molar-refractivity contribution in [2.45, 2.75) is 44.7 Å². The number of hydrogen-bond acceptors (Lipinski definition) is 4. The van der Waals surface area contributed by atoms with E-state index in [4.69, 9.17) is 4.74 Å². The Labute approximate surface area is 118 Å². The van der Waals surface area contributed by atoms with Crippen molar-refractivity contribution < 1.29 is 4.74 Å². The molecule has 0 radical (unpaired) electrons. The van der Waals surface area contributed by atoms with Crippen LogP contribution < -0.4 is 5.32 Å². The predicted molar refractivity (Wildman–Crippen MR) is 79.6 cm³/mol. The maximum atomic E-state index is 5.20. The van der Waals surface area contributed by atoms with Gasteiger partial charge in [0.1, 0.15) is 0 Å². The van der Waals surface area contributed by atoms with Crippen molar-refractivity contribution in [1.82, 2.24) is 15.1 Å². The molecule has 0 aromatic rings. The molecule has 1 atom stereocenters. The van der Waals surface area contributed by atoms with Crippen LogP contribution in [-0.2, 0) is 4.74 Å². The largest absolute Gasteiger partial charge is 0.385 e. The molecule has 0 saturated carbocycles. The van der Waals surface area contributed by atoms with Crippen LogP contribution in [-0.4, -0.2) is 74.4 Å². The minimum atomic E-state index is 0.295. The number of hydrogen-bond donors (Lipinski definition) is 1. The van der Waals surface area contributed by atoms with Gasteiger partial charge in [-0.15, -0.1) is 0 Å². The molecule has 1 N–H and O–H groups in total. The molecule has 2 heterocycles. The van der Waals surface area contributed by atoms with Gasteiger partial charge in [-0.1, -0.05) is 0 Å². The third-order valence-corrected chi connectivity index (χ3v) is 4.90. The van der Waals surface area contributed by atoms with E-state index < -0.39 is 0 Å². The maximum Gasteiger partial charge on any atom is 0.0474 e. The van der Waals surface area contributed by atoms with Crippen LogP contribution in [0.3, 0.4) is 0 Å². The first-order valence-electron chi connectivity index (χ1n) is 7.85. The fraction of sp³-hybridized carbons (Fsp3) is 1.00. The Morgan fingerprint density at radius 2 is 1.95 bits per heavy atom. The molecule has 4 nitrogen and oxygen atoms in total. The van der Waals surface area contributed by atoms with Crippen molar-refractivity contribution in [3.05, 3.63) is 0 Å². The van der Waals surface area contributed by atoms with Crippen molar-refractivity contribution >= 4 is 0 Å². The number of nitrogens with one attached hydrogen (secondary N) is 1. The lowest BCUT2D eigenvalue weighted by molar-refractivity contribution is -0.0232. The van der Waals surface area contributed by atoms with Gasteiger partial charge in [0, 0.05) is 58.0 Å². The SMILES string of the molecule is COCCCN1CCCC(N2CCNCC2)C1(C)C. The Kier molecular flexibility index (Phi) is 5.63. The topological polar surface area (TPSA) is 27.7 Å². The fourth-order valence-corrected chi connectivity index (χ4v) is 3.75. The van der Waals surface area contributed by atoms with Gasteiger partial charge in [-0.05, 0) is 39.7 Å². The van der Waals surface area contributed by atoms with Crippen LogP contribution in [0.4, 0.5) is 0 Å². The standard InChI is InChI=1S/C15H31N3O/c1-15(2)14(17-11-7-16-8-12-17)6-4-9-18(15)10-5-13-19-3/h14,16H,4-13H2,1-3H3. The minimum Gasteiger partial charge on any atom is -0.385 e. The van der Waals surface area contributed by atoms with Gasteiger partial charge >= 0.3 is 0 Å². The zero-order valence-corrected chi connectivity index (χ0v) is 13.0. The maximum absolute atomic E-state index is 5.20. The Hall–Kier alpha value is -0.160. The monoisotopic (exact) mass is 269 g/mol. The summed E-state index contributed by atoms with van der Waals surface area (Å²) >= 11 is 0. The zero-order valence-electron chi connectivity index (χ0n) is 13.0. The molecule has 2 aliphatic rings. The number of likely N-dealkylation sites (tertiary alicyclic amines) is 1. The van der Waals surface area contributed by atoms with Crippen molar-refractivity contribution in [2.24, 2.45) is 0 Å². The van der Waals surface area contributed by atoms with Crippen molar-refractivity contribution in [3.8, 4) is 0 Å². The summed E-state index contributed by atoms with van der Waals surface area (Å²) in [4.78, 5) is 5.39. The van der Waals surface area contributed by atoms with Crippen LogP contribution in [0, 0.1) is 0 Å². The van der Waals surface area contributed by atoms with Gasteiger partial charge < -0.3 is 10.1 Å². The summed E-state index contributed by atoms with van der Waals surface area (Å²) in [5.41, 5.74) is 0.295. The highest BCUT2D eigenvalue weighted by molar-refractivity contribution is 4.99. The molecular weight excluding hydrogens is 238 g/mol. The van der Waals surface area contributed by atoms with E-state index in [-0.39, 0.29) is 0 Å². The van der Waals surface area contributed by atoms with Crippen LogP contribution in [0.1, 0.15) is 33.1 Å². The molecule has 0 spiro atoms. The third kappa shape index (κ3) is 3.69. The molecule has 2 saturated heterocycles. The van der Waals surface area contributed by atoms with Gasteiger partial charge in [0.05, 0.1) is 0 Å². The molecule has 0 amide bonds. The van der Waals surface area contributed by atoms with E-state index in [0.717, 1.165) is 26.1 Å². The lowest BCUT2D eigenvalue weighted by Gasteiger charge is -2.53. The second-order valence-corrected chi connectivity index (χ2v) is 6.43. The highest BCUT2D eigenvalue weighted by Gasteiger charge is 2.41. The molecule has 19 heavy (non-hydrogen) atoms. The van der Waals surface area contributed by atoms with E-state index in [1.54, 1.807) is 7.11 Å². The summed E-state index contributed by atoms with van der Waals surface area (Å²) in [5.74, 6) is 0. The molecule has 0 aliphatic carbocycles. The van der Waals surface area contributed by atoms with E-state index in [0.29, 0.717) is 11.6 Å². The molecule has 2 fully saturated rings. The average molecular weight is 269 g/mol. The van der Waals surface area contributed by atoms with Crippen LogP contribution in [0.2, 0.25) is 0 Å². The fourth-order valence-electron chi connectivity index (χ4n) is 3.75. The number of piperazine rings is 1. The van der Waals surface area contributed by atoms with Crippen LogP contribution in [0.15, 0.2) is 0 Å². The number of rotatable bonds is 5. The minimum absolute atomic E-state index is 0.295. The summed E-state index contributed by atoms with van der Waals surface area (Å²) in [6, 6.07) is 0.714. The summed E-state index contributed by atoms with van der Waals surface area (Å²) < 4.78 is 5.20. The van der Waals surface area contributed by atoms with Crippen molar-refractivity contribution in [1.29, 1.82) is 0 Å². The van der Waals surface area contributed by atoms with E-state index in [1.165, 1.54) is 39.0 Å². The van der Waals surface area contributed by atoms with E-state index in [9.17, 15) is 0 Å². The van der Waals surface area contributed by atoms with E-state index in [2.05, 4.69) is 29.0 Å². The van der Waals surface area contributed by atoms with Gasteiger partial charge in [-0.2, -0.15) is 0 Å². The molecule has 2 aliphatic heterocycles.